The summed E-state index contributed by atoms with van der Waals surface area (Å²) in [7, 11) is 0. The minimum Gasteiger partial charge on any atom is -0.455 e. The van der Waals surface area contributed by atoms with Gasteiger partial charge in [-0.25, -0.2) is 15.0 Å². The first-order valence-electron chi connectivity index (χ1n) is 22.6. The molecule has 0 saturated carbocycles. The second kappa shape index (κ2) is 14.7. The van der Waals surface area contributed by atoms with Crippen molar-refractivity contribution in [2.24, 2.45) is 0 Å². The van der Waals surface area contributed by atoms with E-state index in [0.29, 0.717) is 23.1 Å². The fourth-order valence-corrected chi connectivity index (χ4v) is 10.3. The van der Waals surface area contributed by atoms with E-state index >= 15 is 0 Å². The molecule has 0 bridgehead atoms. The molecular weight excluding hydrogens is 819 g/mol. The van der Waals surface area contributed by atoms with Crippen molar-refractivity contribution in [3.63, 3.8) is 0 Å². The molecule has 0 fully saturated rings. The van der Waals surface area contributed by atoms with E-state index in [1.807, 2.05) is 18.2 Å². The summed E-state index contributed by atoms with van der Waals surface area (Å²) in [6.07, 6.45) is 0. The van der Waals surface area contributed by atoms with Crippen LogP contribution in [0, 0.1) is 0 Å². The summed E-state index contributed by atoms with van der Waals surface area (Å²) in [5.41, 5.74) is 12.7. The number of hydrogen-bond acceptors (Lipinski definition) is 4. The van der Waals surface area contributed by atoms with Crippen molar-refractivity contribution in [2.75, 3.05) is 0 Å². The van der Waals surface area contributed by atoms with E-state index in [2.05, 4.69) is 215 Å². The van der Waals surface area contributed by atoms with Crippen LogP contribution in [0.2, 0.25) is 0 Å². The van der Waals surface area contributed by atoms with Crippen LogP contribution in [0.25, 0.3) is 133 Å². The average molecular weight is 856 g/mol. The molecule has 10 aromatic carbocycles. The van der Waals surface area contributed by atoms with Crippen LogP contribution in [0.4, 0.5) is 0 Å². The van der Waals surface area contributed by atoms with E-state index in [1.54, 1.807) is 0 Å². The van der Waals surface area contributed by atoms with Gasteiger partial charge in [-0.1, -0.05) is 158 Å². The molecule has 0 radical (unpaired) electrons. The number of rotatable bonds is 6. The van der Waals surface area contributed by atoms with E-state index in [4.69, 9.17) is 19.4 Å². The Hall–Kier alpha value is -9.13. The average Bonchev–Trinajstić information content (AvgIpc) is 4.06. The smallest absolute Gasteiger partial charge is 0.167 e. The largest absolute Gasteiger partial charge is 0.455 e. The lowest BCUT2D eigenvalue weighted by Gasteiger charge is -2.14. The second-order valence-electron chi connectivity index (χ2n) is 17.2. The number of fused-ring (bicyclic) bond motifs is 10. The molecule has 0 aliphatic carbocycles. The third-order valence-electron chi connectivity index (χ3n) is 13.3. The van der Waals surface area contributed by atoms with Crippen LogP contribution < -0.4 is 0 Å². The summed E-state index contributed by atoms with van der Waals surface area (Å²) < 4.78 is 11.6. The first-order valence-corrected chi connectivity index (χ1v) is 22.6. The van der Waals surface area contributed by atoms with E-state index in [0.717, 1.165) is 88.4 Å². The summed E-state index contributed by atoms with van der Waals surface area (Å²) in [6, 6.07) is 79.1. The third kappa shape index (κ3) is 5.86. The molecule has 6 nitrogen and oxygen atoms in total. The molecule has 0 aliphatic heterocycles. The Morgan fingerprint density at radius 3 is 1.70 bits per heavy atom. The number of para-hydroxylation sites is 5. The van der Waals surface area contributed by atoms with Crippen LogP contribution in [0.15, 0.2) is 229 Å². The fraction of sp³-hybridized carbons (Fsp3) is 0. The van der Waals surface area contributed by atoms with E-state index in [1.165, 1.54) is 21.5 Å². The Labute approximate surface area is 384 Å². The third-order valence-corrected chi connectivity index (χ3v) is 13.3. The maximum absolute atomic E-state index is 6.88. The van der Waals surface area contributed by atoms with Crippen molar-refractivity contribution in [3.8, 4) is 56.7 Å². The summed E-state index contributed by atoms with van der Waals surface area (Å²) in [4.78, 5) is 16.4. The number of furan rings is 1. The first-order chi connectivity index (χ1) is 33.2. The highest BCUT2D eigenvalue weighted by Crippen LogP contribution is 2.43. The predicted molar refractivity (Wildman–Crippen MR) is 275 cm³/mol. The maximum atomic E-state index is 6.88. The monoisotopic (exact) mass is 855 g/mol. The summed E-state index contributed by atoms with van der Waals surface area (Å²) in [6.45, 7) is 0. The number of benzene rings is 10. The summed E-state index contributed by atoms with van der Waals surface area (Å²) >= 11 is 0. The number of aromatic nitrogens is 5. The van der Waals surface area contributed by atoms with Gasteiger partial charge in [0.05, 0.1) is 27.6 Å². The normalized spacial score (nSPS) is 11.9. The molecule has 0 atom stereocenters. The molecule has 4 heterocycles. The van der Waals surface area contributed by atoms with Crippen LogP contribution in [-0.4, -0.2) is 24.1 Å². The van der Waals surface area contributed by atoms with Crippen LogP contribution in [0.5, 0.6) is 0 Å². The summed E-state index contributed by atoms with van der Waals surface area (Å²) in [5.74, 6) is 1.64. The maximum Gasteiger partial charge on any atom is 0.167 e. The van der Waals surface area contributed by atoms with Crippen molar-refractivity contribution in [1.82, 2.24) is 24.1 Å². The molecule has 0 amide bonds. The van der Waals surface area contributed by atoms with Crippen molar-refractivity contribution < 1.29 is 4.42 Å². The lowest BCUT2D eigenvalue weighted by Crippen LogP contribution is -2.03. The predicted octanol–water partition coefficient (Wildman–Crippen LogP) is 15.8. The van der Waals surface area contributed by atoms with Gasteiger partial charge in [0.15, 0.2) is 17.5 Å². The Bertz CT molecular complexity index is 4280. The number of hydrogen-bond donors (Lipinski definition) is 0. The van der Waals surface area contributed by atoms with Crippen LogP contribution in [0.1, 0.15) is 0 Å². The molecule has 312 valence electrons. The molecule has 4 aromatic heterocycles. The summed E-state index contributed by atoms with van der Waals surface area (Å²) in [5, 5.41) is 9.05. The molecule has 0 unspecified atom stereocenters. The fourth-order valence-electron chi connectivity index (χ4n) is 10.3. The quantitative estimate of drug-likeness (QED) is 0.167. The highest BCUT2D eigenvalue weighted by molar-refractivity contribution is 6.16. The molecular formula is C61H37N5O. The lowest BCUT2D eigenvalue weighted by molar-refractivity contribution is 0.669. The molecule has 6 heteroatoms. The van der Waals surface area contributed by atoms with Gasteiger partial charge in [0, 0.05) is 54.8 Å². The van der Waals surface area contributed by atoms with Gasteiger partial charge in [-0.2, -0.15) is 0 Å². The highest BCUT2D eigenvalue weighted by Gasteiger charge is 2.24. The zero-order valence-electron chi connectivity index (χ0n) is 36.0. The van der Waals surface area contributed by atoms with Gasteiger partial charge in [0.2, 0.25) is 0 Å². The van der Waals surface area contributed by atoms with E-state index in [-0.39, 0.29) is 0 Å². The topological polar surface area (TPSA) is 61.7 Å². The SMILES string of the molecule is c1ccc(-c2cccc(-c3nc(-c4cc(-n5c6ccccc6c6cc7ccccc7cc65)cc5c4oc4ccccc45)nc(-c4cccc5c6ccccc6n(-c6ccccc6)c45)n3)c2)cc1. The molecule has 67 heavy (non-hydrogen) atoms. The highest BCUT2D eigenvalue weighted by atomic mass is 16.3. The Morgan fingerprint density at radius 1 is 0.313 bits per heavy atom. The standard InChI is InChI=1S/C61H37N5O/c1-3-17-38(18-4-1)39-21-15-22-42(33-39)59-62-60(49-29-16-28-48-45-25-9-13-31-54(45)66(57(48)49)43-23-5-2-6-24-43)64-61(63-59)52-37-44(36-51-47-27-11-14-32-56(47)67-58(51)52)65-53-30-12-10-26-46(53)50-34-40-19-7-8-20-41(40)35-55(50)65/h1-37H. The van der Waals surface area contributed by atoms with Crippen molar-refractivity contribution in [1.29, 1.82) is 0 Å². The van der Waals surface area contributed by atoms with Crippen LogP contribution >= 0.6 is 0 Å². The Morgan fingerprint density at radius 2 is 0.896 bits per heavy atom. The molecule has 0 spiro atoms. The van der Waals surface area contributed by atoms with Gasteiger partial charge in [-0.3, -0.25) is 0 Å². The van der Waals surface area contributed by atoms with Gasteiger partial charge in [-0.15, -0.1) is 0 Å². The zero-order chi connectivity index (χ0) is 44.0. The van der Waals surface area contributed by atoms with E-state index < -0.39 is 0 Å². The molecule has 14 aromatic rings. The van der Waals surface area contributed by atoms with Gasteiger partial charge >= 0.3 is 0 Å². The minimum absolute atomic E-state index is 0.515. The van der Waals surface area contributed by atoms with Gasteiger partial charge < -0.3 is 13.6 Å². The van der Waals surface area contributed by atoms with E-state index in [9.17, 15) is 0 Å². The van der Waals surface area contributed by atoms with Crippen molar-refractivity contribution >= 4 is 76.3 Å². The van der Waals surface area contributed by atoms with Gasteiger partial charge in [-0.05, 0) is 88.6 Å². The van der Waals surface area contributed by atoms with Crippen LogP contribution in [0.3, 0.4) is 0 Å². The lowest BCUT2D eigenvalue weighted by atomic mass is 10.0. The molecule has 14 rings (SSSR count). The minimum atomic E-state index is 0.515. The number of nitrogens with zero attached hydrogens (tertiary/aromatic N) is 5. The van der Waals surface area contributed by atoms with Gasteiger partial charge in [0.25, 0.3) is 0 Å². The van der Waals surface area contributed by atoms with Crippen LogP contribution in [-0.2, 0) is 0 Å². The first kappa shape index (κ1) is 37.3. The second-order valence-corrected chi connectivity index (χ2v) is 17.2. The zero-order valence-corrected chi connectivity index (χ0v) is 36.0. The van der Waals surface area contributed by atoms with Crippen molar-refractivity contribution in [3.05, 3.63) is 224 Å². The molecule has 0 N–H and O–H groups in total. The molecule has 0 aliphatic rings. The molecule has 0 saturated heterocycles. The van der Waals surface area contributed by atoms with Gasteiger partial charge in [0.1, 0.15) is 11.2 Å². The Balaban J connectivity index is 1.09. The van der Waals surface area contributed by atoms with Crippen molar-refractivity contribution in [2.45, 2.75) is 0 Å². The Kier molecular flexibility index (Phi) is 8.18.